The van der Waals surface area contributed by atoms with Crippen molar-refractivity contribution in [3.05, 3.63) is 35.9 Å². The maximum absolute atomic E-state index is 11.5. The van der Waals surface area contributed by atoms with E-state index < -0.39 is 46.8 Å². The summed E-state index contributed by atoms with van der Waals surface area (Å²) >= 11 is 0. The Labute approximate surface area is 313 Å². The summed E-state index contributed by atoms with van der Waals surface area (Å²) in [5.74, 6) is 0. The van der Waals surface area contributed by atoms with Gasteiger partial charge in [0.25, 0.3) is 0 Å². The van der Waals surface area contributed by atoms with Crippen molar-refractivity contribution in [3.63, 3.8) is 0 Å². The Morgan fingerprint density at radius 3 is 1.56 bits per heavy atom. The van der Waals surface area contributed by atoms with Gasteiger partial charge in [-0.15, -0.1) is 9.05 Å². The van der Waals surface area contributed by atoms with Gasteiger partial charge in [0.15, 0.2) is 0 Å². The summed E-state index contributed by atoms with van der Waals surface area (Å²) in [7, 11) is -3.35. The van der Waals surface area contributed by atoms with Crippen LogP contribution in [-0.2, 0) is 43.1 Å². The Kier molecular flexibility index (Phi) is 29.1. The third-order valence-corrected chi connectivity index (χ3v) is 9.68. The van der Waals surface area contributed by atoms with Crippen molar-refractivity contribution >= 4 is 29.5 Å². The average molecular weight is 760 g/mol. The summed E-state index contributed by atoms with van der Waals surface area (Å²) in [6.45, 7) is 17.3. The summed E-state index contributed by atoms with van der Waals surface area (Å²) in [6.07, 6.45) is 2.20. The molecule has 1 aromatic rings. The second kappa shape index (κ2) is 25.6. The number of ether oxygens (including phenoxy) is 1. The topological polar surface area (TPSA) is 213 Å². The molecule has 280 valence electrons. The van der Waals surface area contributed by atoms with Gasteiger partial charge in [-0.25, -0.2) is 4.79 Å². The van der Waals surface area contributed by atoms with Crippen LogP contribution >= 0.6 is 23.4 Å². The fourth-order valence-corrected chi connectivity index (χ4v) is 5.53. The first-order chi connectivity index (χ1) is 21.1. The maximum atomic E-state index is 11.5. The van der Waals surface area contributed by atoms with Gasteiger partial charge in [0.2, 0.25) is 0 Å². The molecule has 0 unspecified atom stereocenters. The molecule has 1 amide bonds. The Hall–Kier alpha value is -0.270. The van der Waals surface area contributed by atoms with Gasteiger partial charge < -0.3 is 41.2 Å². The first-order valence-electron chi connectivity index (χ1n) is 14.8. The molecule has 2 rings (SSSR count). The van der Waals surface area contributed by atoms with E-state index in [4.69, 9.17) is 34.4 Å². The summed E-state index contributed by atoms with van der Waals surface area (Å²) in [5, 5.41) is 10.7. The van der Waals surface area contributed by atoms with Crippen LogP contribution in [0, 0.1) is 10.8 Å². The van der Waals surface area contributed by atoms with Crippen molar-refractivity contribution < 1.29 is 87.2 Å². The van der Waals surface area contributed by atoms with Crippen LogP contribution < -0.4 is 40.6 Å². The molecule has 1 aliphatic rings. The quantitative estimate of drug-likeness (QED) is 0.160. The van der Waals surface area contributed by atoms with Gasteiger partial charge in [0.1, 0.15) is 6.61 Å². The van der Waals surface area contributed by atoms with Gasteiger partial charge in [-0.05, 0) is 56.9 Å². The van der Waals surface area contributed by atoms with E-state index >= 15 is 0 Å². The van der Waals surface area contributed by atoms with Crippen LogP contribution in [0.4, 0.5) is 4.79 Å². The molecular formula is C30H63N2NaO12P3+. The molecule has 0 spiro atoms. The summed E-state index contributed by atoms with van der Waals surface area (Å²) in [4.78, 5) is 29.3. The number of nitrogens with two attached hydrogens (primary N) is 1. The van der Waals surface area contributed by atoms with E-state index in [-0.39, 0.29) is 49.6 Å². The van der Waals surface area contributed by atoms with Crippen LogP contribution in [0.3, 0.4) is 0 Å². The Morgan fingerprint density at radius 1 is 0.938 bits per heavy atom. The number of hydrogen-bond donors (Lipinski definition) is 5. The van der Waals surface area contributed by atoms with Gasteiger partial charge in [-0.3, -0.25) is 9.13 Å². The number of nitrogens with one attached hydrogen (secondary N) is 1. The van der Waals surface area contributed by atoms with Crippen molar-refractivity contribution in [1.29, 1.82) is 0 Å². The number of benzene rings is 1. The molecule has 0 heterocycles. The molecule has 0 bridgehead atoms. The minimum atomic E-state index is -4.19. The van der Waals surface area contributed by atoms with Gasteiger partial charge in [0.05, 0.1) is 33.2 Å². The second-order valence-corrected chi connectivity index (χ2v) is 19.1. The number of alkyl carbamates (subject to hydrolysis) is 1. The van der Waals surface area contributed by atoms with Crippen LogP contribution in [0.2, 0.25) is 0 Å². The molecule has 1 aromatic carbocycles. The molecular weight excluding hydrogens is 696 g/mol. The average Bonchev–Trinajstić information content (AvgIpc) is 3.64. The molecule has 1 fully saturated rings. The van der Waals surface area contributed by atoms with Gasteiger partial charge in [0, 0.05) is 29.9 Å². The van der Waals surface area contributed by atoms with Crippen LogP contribution in [0.15, 0.2) is 30.3 Å². The Balaban J connectivity index is -0.000000182. The largest absolute Gasteiger partial charge is 1.00 e. The monoisotopic (exact) mass is 759 g/mol. The normalized spacial score (nSPS) is 13.5. The molecule has 0 aromatic heterocycles. The predicted octanol–water partition coefficient (Wildman–Crippen LogP) is 3.96. The van der Waals surface area contributed by atoms with Gasteiger partial charge in [-0.1, -0.05) is 65.0 Å². The number of rotatable bonds is 11. The zero-order chi connectivity index (χ0) is 37.8. The third-order valence-electron chi connectivity index (χ3n) is 5.43. The fourth-order valence-electron chi connectivity index (χ4n) is 2.70. The van der Waals surface area contributed by atoms with E-state index in [0.717, 1.165) is 11.0 Å². The van der Waals surface area contributed by atoms with E-state index in [0.29, 0.717) is 6.16 Å². The van der Waals surface area contributed by atoms with Gasteiger partial charge >= 0.3 is 59.1 Å². The molecule has 18 heteroatoms. The van der Waals surface area contributed by atoms with E-state index in [1.54, 1.807) is 13.8 Å². The predicted molar refractivity (Wildman–Crippen MR) is 188 cm³/mol. The molecule has 1 aliphatic carbocycles. The van der Waals surface area contributed by atoms with Gasteiger partial charge in [-0.2, -0.15) is 0 Å². The summed E-state index contributed by atoms with van der Waals surface area (Å²) in [5.41, 5.74) is 5.41. The molecule has 1 saturated carbocycles. The van der Waals surface area contributed by atoms with E-state index in [1.165, 1.54) is 55.1 Å². The molecule has 6 N–H and O–H groups in total. The van der Waals surface area contributed by atoms with E-state index in [2.05, 4.69) is 28.2 Å². The second-order valence-electron chi connectivity index (χ2n) is 14.0. The minimum Gasteiger partial charge on any atom is -1.00 e. The van der Waals surface area contributed by atoms with E-state index in [9.17, 15) is 18.5 Å². The summed E-state index contributed by atoms with van der Waals surface area (Å²) < 4.78 is 55.3. The smallest absolute Gasteiger partial charge is 1.00 e. The number of aliphatic hydroxyl groups is 1. The number of amides is 1. The number of hydrogen-bond acceptors (Lipinski definition) is 11. The van der Waals surface area contributed by atoms with Crippen LogP contribution in [0.25, 0.3) is 0 Å². The number of aliphatic hydroxyl groups excluding tert-OH is 1. The van der Waals surface area contributed by atoms with Crippen molar-refractivity contribution in [3.8, 4) is 0 Å². The SMILES string of the molecule is CC(C)(CP(=O)(O)O)NC(=O)OCc1ccccc1.CC(C)(N)CO.CC1(C)CC1.COP(=O)(CC(C)(C)C)OC.CO[P+](=O)OC.[H-].[Na+]. The third kappa shape index (κ3) is 40.2. The van der Waals surface area contributed by atoms with Crippen molar-refractivity contribution in [2.45, 2.75) is 92.8 Å². The van der Waals surface area contributed by atoms with Crippen LogP contribution in [-0.4, -0.2) is 79.4 Å². The molecule has 14 nitrogen and oxygen atoms in total. The van der Waals surface area contributed by atoms with Crippen molar-refractivity contribution in [1.82, 2.24) is 5.32 Å². The zero-order valence-corrected chi connectivity index (χ0v) is 36.2. The molecule has 0 radical (unpaired) electrons. The number of carbonyl (C=O) groups is 1. The maximum Gasteiger partial charge on any atom is 1.00 e. The Morgan fingerprint density at radius 2 is 1.33 bits per heavy atom. The first-order valence-corrected chi connectivity index (χ1v) is 19.4. The van der Waals surface area contributed by atoms with Crippen LogP contribution in [0.5, 0.6) is 0 Å². The minimum absolute atomic E-state index is 0. The zero-order valence-electron chi connectivity index (χ0n) is 32.6. The molecule has 0 atom stereocenters. The van der Waals surface area contributed by atoms with Crippen LogP contribution in [0.1, 0.15) is 82.1 Å². The summed E-state index contributed by atoms with van der Waals surface area (Å²) in [6, 6.07) is 9.14. The molecule has 48 heavy (non-hydrogen) atoms. The number of carbonyl (C=O) groups excluding carboxylic acids is 1. The molecule has 0 aliphatic heterocycles. The Bertz CT molecular complexity index is 1090. The van der Waals surface area contributed by atoms with Crippen molar-refractivity contribution in [2.75, 3.05) is 47.4 Å². The van der Waals surface area contributed by atoms with Crippen molar-refractivity contribution in [2.24, 2.45) is 16.6 Å². The first kappa shape index (κ1) is 54.5. The fraction of sp³-hybridized carbons (Fsp3) is 0.767. The van der Waals surface area contributed by atoms with E-state index in [1.807, 2.05) is 51.1 Å². The molecule has 0 saturated heterocycles. The standard InChI is InChI=1S/C12H18NO5P.C7H17O3P.C5H10.C4H11NO.C2H6O3P.Na.H/c1-12(2,9-19(15,16)17)13-11(14)18-8-10-6-4-3-5-7-10;1-7(2,3)6-11(8,9-4)10-5;1-5(2)3-4-5;1-4(2,5)3-6;1-4-6(3)5-2;;/h3-7H,8-9H2,1-2H3,(H,13,14)(H2,15,16,17);6H2,1-5H3;3-4H2,1-2H3;6H,3,5H2,1-2H3;1-2H3;;/q;;;;2*+1;-1.